The summed E-state index contributed by atoms with van der Waals surface area (Å²) in [4.78, 5) is 46.7. The molecule has 0 atom stereocenters. The third-order valence-corrected chi connectivity index (χ3v) is 7.71. The van der Waals surface area contributed by atoms with E-state index in [0.29, 0.717) is 11.3 Å². The smallest absolute Gasteiger partial charge is 0.475 e. The molecule has 49 heavy (non-hydrogen) atoms. The number of aromatic amines is 1. The summed E-state index contributed by atoms with van der Waals surface area (Å²) in [7, 11) is 2.16. The van der Waals surface area contributed by atoms with Crippen LogP contribution in [0.3, 0.4) is 0 Å². The Hall–Kier alpha value is -5.17. The zero-order valence-corrected chi connectivity index (χ0v) is 28.1. The second kappa shape index (κ2) is 14.9. The molecule has 1 saturated heterocycles. The number of rotatable bonds is 7. The number of halogens is 3. The lowest BCUT2D eigenvalue weighted by molar-refractivity contribution is -0.192. The standard InChI is InChI=1S/C34H39N5O3.C2HF3O2/c1-7-29(40)36-28-20-25(9-8-22(28)2)31-27-18-23(19-30(41)42-34(3,4)5)21-35-33(27)37-32(31)24-10-12-26(13-11-24)39-16-14-38(6)15-17-39;3-2(4,5)1(6)7/h7-13,18,20-21H,1,14-17,19H2,2-6H3,(H,35,37)(H,36,40);(H,6,7). The predicted octanol–water partition coefficient (Wildman–Crippen LogP) is 6.60. The Kier molecular flexibility index (Phi) is 11.2. The minimum atomic E-state index is -5.08. The first-order chi connectivity index (χ1) is 22.9. The topological polar surface area (TPSA) is 128 Å². The number of hydrogen-bond acceptors (Lipinski definition) is 7. The maximum Gasteiger partial charge on any atom is 0.490 e. The van der Waals surface area contributed by atoms with E-state index < -0.39 is 17.7 Å². The van der Waals surface area contributed by atoms with Gasteiger partial charge >= 0.3 is 18.1 Å². The van der Waals surface area contributed by atoms with E-state index >= 15 is 0 Å². The Labute approximate surface area is 282 Å². The van der Waals surface area contributed by atoms with Crippen LogP contribution in [-0.4, -0.2) is 82.8 Å². The number of pyridine rings is 1. The SMILES string of the molecule is C=CC(=O)Nc1cc(-c2c(-c3ccc(N4CCN(C)CC4)cc3)[nH]c3ncc(CC(=O)OC(C)(C)C)cc23)ccc1C.O=C(O)C(F)(F)F. The van der Waals surface area contributed by atoms with Gasteiger partial charge in [0.1, 0.15) is 11.2 Å². The number of carboxylic acid groups (broad SMARTS) is 1. The highest BCUT2D eigenvalue weighted by Gasteiger charge is 2.38. The number of fused-ring (bicyclic) bond motifs is 1. The van der Waals surface area contributed by atoms with E-state index in [-0.39, 0.29) is 18.3 Å². The van der Waals surface area contributed by atoms with Gasteiger partial charge in [-0.2, -0.15) is 13.2 Å². The van der Waals surface area contributed by atoms with Gasteiger partial charge in [0.05, 0.1) is 12.1 Å². The number of aryl methyl sites for hydroxylation is 1. The fourth-order valence-corrected chi connectivity index (χ4v) is 5.27. The average Bonchev–Trinajstić information content (AvgIpc) is 3.40. The van der Waals surface area contributed by atoms with E-state index in [1.165, 1.54) is 11.8 Å². The quantitative estimate of drug-likeness (QED) is 0.147. The monoisotopic (exact) mass is 679 g/mol. The molecule has 0 radical (unpaired) electrons. The number of anilines is 2. The summed E-state index contributed by atoms with van der Waals surface area (Å²) in [5.74, 6) is -3.33. The number of piperazine rings is 1. The number of ether oxygens (including phenoxy) is 1. The summed E-state index contributed by atoms with van der Waals surface area (Å²) >= 11 is 0. The molecule has 13 heteroatoms. The van der Waals surface area contributed by atoms with Crippen LogP contribution in [-0.2, 0) is 25.5 Å². The van der Waals surface area contributed by atoms with Crippen molar-refractivity contribution in [3.05, 3.63) is 78.5 Å². The molecule has 1 amide bonds. The van der Waals surface area contributed by atoms with Crippen LogP contribution in [0.4, 0.5) is 24.5 Å². The first kappa shape index (κ1) is 36.7. The van der Waals surface area contributed by atoms with E-state index in [4.69, 9.17) is 19.6 Å². The van der Waals surface area contributed by atoms with Crippen molar-refractivity contribution in [2.75, 3.05) is 43.4 Å². The molecular formula is C36H40F3N5O5. The number of likely N-dealkylation sites (N-methyl/N-ethyl adjacent to an activating group) is 1. The lowest BCUT2D eigenvalue weighted by Gasteiger charge is -2.34. The summed E-state index contributed by atoms with van der Waals surface area (Å²) < 4.78 is 37.3. The molecule has 3 N–H and O–H groups in total. The van der Waals surface area contributed by atoms with Crippen LogP contribution in [0.5, 0.6) is 0 Å². The van der Waals surface area contributed by atoms with E-state index in [0.717, 1.165) is 65.1 Å². The molecule has 0 spiro atoms. The van der Waals surface area contributed by atoms with Crippen LogP contribution in [0, 0.1) is 6.92 Å². The molecule has 10 nitrogen and oxygen atoms in total. The van der Waals surface area contributed by atoms with Crippen molar-refractivity contribution in [2.24, 2.45) is 0 Å². The van der Waals surface area contributed by atoms with Gasteiger partial charge in [0, 0.05) is 54.7 Å². The zero-order chi connectivity index (χ0) is 36.1. The molecule has 2 aromatic heterocycles. The van der Waals surface area contributed by atoms with Gasteiger partial charge in [0.2, 0.25) is 5.91 Å². The molecule has 2 aromatic carbocycles. The summed E-state index contributed by atoms with van der Waals surface area (Å²) in [5, 5.41) is 10.9. The van der Waals surface area contributed by atoms with Crippen molar-refractivity contribution in [2.45, 2.75) is 45.9 Å². The third-order valence-electron chi connectivity index (χ3n) is 7.71. The molecule has 260 valence electrons. The summed E-state index contributed by atoms with van der Waals surface area (Å²) in [6.07, 6.45) is -1.98. The van der Waals surface area contributed by atoms with Gasteiger partial charge < -0.3 is 29.9 Å². The Morgan fingerprint density at radius 2 is 1.63 bits per heavy atom. The van der Waals surface area contributed by atoms with E-state index in [1.54, 1.807) is 6.20 Å². The van der Waals surface area contributed by atoms with Crippen molar-refractivity contribution < 1.29 is 37.4 Å². The molecule has 1 aliphatic heterocycles. The molecule has 0 saturated carbocycles. The normalized spacial score (nSPS) is 13.8. The van der Waals surface area contributed by atoms with Gasteiger partial charge in [-0.15, -0.1) is 0 Å². The molecule has 4 aromatic rings. The lowest BCUT2D eigenvalue weighted by Crippen LogP contribution is -2.44. The van der Waals surface area contributed by atoms with E-state index in [1.807, 2.05) is 52.0 Å². The number of alkyl halides is 3. The number of carbonyl (C=O) groups excluding carboxylic acids is 2. The van der Waals surface area contributed by atoms with Gasteiger partial charge in [-0.25, -0.2) is 9.78 Å². The molecule has 0 unspecified atom stereocenters. The highest BCUT2D eigenvalue weighted by molar-refractivity contribution is 6.05. The second-order valence-electron chi connectivity index (χ2n) is 12.7. The minimum Gasteiger partial charge on any atom is -0.475 e. The van der Waals surface area contributed by atoms with Crippen LogP contribution < -0.4 is 10.2 Å². The number of nitrogens with one attached hydrogen (secondary N) is 2. The molecule has 0 bridgehead atoms. The predicted molar refractivity (Wildman–Crippen MR) is 183 cm³/mol. The van der Waals surface area contributed by atoms with Gasteiger partial charge in [-0.3, -0.25) is 9.59 Å². The maximum absolute atomic E-state index is 12.6. The van der Waals surface area contributed by atoms with Crippen molar-refractivity contribution in [1.29, 1.82) is 0 Å². The van der Waals surface area contributed by atoms with E-state index in [2.05, 4.69) is 58.0 Å². The Morgan fingerprint density at radius 3 is 2.20 bits per heavy atom. The molecule has 1 fully saturated rings. The number of carboxylic acids is 1. The summed E-state index contributed by atoms with van der Waals surface area (Å²) in [6, 6.07) is 16.6. The van der Waals surface area contributed by atoms with Crippen LogP contribution in [0.2, 0.25) is 0 Å². The number of amides is 1. The highest BCUT2D eigenvalue weighted by Crippen LogP contribution is 2.40. The number of nitrogens with zero attached hydrogens (tertiary/aromatic N) is 3. The molecular weight excluding hydrogens is 639 g/mol. The number of esters is 1. The zero-order valence-electron chi connectivity index (χ0n) is 28.1. The fourth-order valence-electron chi connectivity index (χ4n) is 5.27. The second-order valence-corrected chi connectivity index (χ2v) is 12.7. The maximum atomic E-state index is 12.6. The first-order valence-corrected chi connectivity index (χ1v) is 15.6. The molecule has 0 aliphatic carbocycles. The number of benzene rings is 2. The first-order valence-electron chi connectivity index (χ1n) is 15.6. The Bertz CT molecular complexity index is 1840. The minimum absolute atomic E-state index is 0.119. The molecule has 3 heterocycles. The van der Waals surface area contributed by atoms with Gasteiger partial charge in [0.25, 0.3) is 0 Å². The third kappa shape index (κ3) is 9.69. The highest BCUT2D eigenvalue weighted by atomic mass is 19.4. The molecule has 1 aliphatic rings. The fraction of sp³-hybridized carbons (Fsp3) is 0.333. The van der Waals surface area contributed by atoms with Crippen LogP contribution >= 0.6 is 0 Å². The van der Waals surface area contributed by atoms with Gasteiger partial charge in [-0.05, 0) is 87.3 Å². The number of H-pyrrole nitrogens is 1. The van der Waals surface area contributed by atoms with Crippen molar-refractivity contribution in [1.82, 2.24) is 14.9 Å². The Morgan fingerprint density at radius 1 is 1.02 bits per heavy atom. The summed E-state index contributed by atoms with van der Waals surface area (Å²) in [6.45, 7) is 15.2. The Balaban J connectivity index is 0.000000698. The molecule has 5 rings (SSSR count). The number of carbonyl (C=O) groups is 3. The number of aliphatic carboxylic acids is 1. The van der Waals surface area contributed by atoms with Crippen molar-refractivity contribution in [3.8, 4) is 22.4 Å². The largest absolute Gasteiger partial charge is 0.490 e. The van der Waals surface area contributed by atoms with Crippen molar-refractivity contribution >= 4 is 40.3 Å². The van der Waals surface area contributed by atoms with E-state index in [9.17, 15) is 22.8 Å². The van der Waals surface area contributed by atoms with Gasteiger partial charge in [0.15, 0.2) is 0 Å². The lowest BCUT2D eigenvalue weighted by atomic mass is 9.96. The average molecular weight is 680 g/mol. The number of aromatic nitrogens is 2. The van der Waals surface area contributed by atoms with Crippen LogP contribution in [0.1, 0.15) is 31.9 Å². The summed E-state index contributed by atoms with van der Waals surface area (Å²) in [5.41, 5.74) is 7.57. The number of hydrogen-bond donors (Lipinski definition) is 3. The van der Waals surface area contributed by atoms with Gasteiger partial charge in [-0.1, -0.05) is 30.8 Å². The van der Waals surface area contributed by atoms with Crippen molar-refractivity contribution in [3.63, 3.8) is 0 Å². The van der Waals surface area contributed by atoms with Crippen LogP contribution in [0.25, 0.3) is 33.4 Å². The van der Waals surface area contributed by atoms with Crippen LogP contribution in [0.15, 0.2) is 67.4 Å².